The first-order valence-electron chi connectivity index (χ1n) is 8.56. The fourth-order valence-corrected chi connectivity index (χ4v) is 2.79. The Hall–Kier alpha value is -3.67. The summed E-state index contributed by atoms with van der Waals surface area (Å²) in [5.41, 5.74) is 2.88. The molecule has 4 rings (SSSR count). The van der Waals surface area contributed by atoms with Gasteiger partial charge < -0.3 is 10.1 Å². The Kier molecular flexibility index (Phi) is 4.53. The van der Waals surface area contributed by atoms with Crippen LogP contribution >= 0.6 is 0 Å². The standard InChI is InChI=1S/C21H18N4O2/c1-27-18-9-7-17(8-10-18)25-13-12-16(24-25)14-22-21(26)20-11-6-15-4-2-3-5-19(15)23-20/h2-13H,14H2,1H3,(H,22,26). The zero-order chi connectivity index (χ0) is 18.6. The van der Waals surface area contributed by atoms with E-state index in [2.05, 4.69) is 15.4 Å². The third-order valence-electron chi connectivity index (χ3n) is 4.24. The van der Waals surface area contributed by atoms with Gasteiger partial charge in [0.05, 0.1) is 30.6 Å². The summed E-state index contributed by atoms with van der Waals surface area (Å²) in [6.07, 6.45) is 1.86. The van der Waals surface area contributed by atoms with E-state index in [0.29, 0.717) is 12.2 Å². The normalized spacial score (nSPS) is 10.7. The predicted molar refractivity (Wildman–Crippen MR) is 103 cm³/mol. The molecule has 1 N–H and O–H groups in total. The Morgan fingerprint density at radius 3 is 2.67 bits per heavy atom. The van der Waals surface area contributed by atoms with Gasteiger partial charge in [-0.1, -0.05) is 24.3 Å². The molecule has 27 heavy (non-hydrogen) atoms. The van der Waals surface area contributed by atoms with Crippen molar-refractivity contribution >= 4 is 16.8 Å². The molecule has 134 valence electrons. The number of rotatable bonds is 5. The summed E-state index contributed by atoms with van der Waals surface area (Å²) in [7, 11) is 1.63. The van der Waals surface area contributed by atoms with Crippen molar-refractivity contribution in [3.8, 4) is 11.4 Å². The lowest BCUT2D eigenvalue weighted by Gasteiger charge is -2.05. The average molecular weight is 358 g/mol. The zero-order valence-electron chi connectivity index (χ0n) is 14.8. The molecule has 0 aliphatic heterocycles. The van der Waals surface area contributed by atoms with Crippen LogP contribution < -0.4 is 10.1 Å². The van der Waals surface area contributed by atoms with Crippen LogP contribution in [0.4, 0.5) is 0 Å². The van der Waals surface area contributed by atoms with Gasteiger partial charge in [-0.2, -0.15) is 5.10 Å². The molecule has 0 spiro atoms. The quantitative estimate of drug-likeness (QED) is 0.594. The molecule has 0 unspecified atom stereocenters. The number of aromatic nitrogens is 3. The van der Waals surface area contributed by atoms with Gasteiger partial charge in [-0.05, 0) is 42.5 Å². The van der Waals surface area contributed by atoms with Crippen molar-refractivity contribution in [1.82, 2.24) is 20.1 Å². The van der Waals surface area contributed by atoms with Crippen molar-refractivity contribution in [1.29, 1.82) is 0 Å². The highest BCUT2D eigenvalue weighted by Gasteiger charge is 2.09. The highest BCUT2D eigenvalue weighted by molar-refractivity contribution is 5.94. The van der Waals surface area contributed by atoms with E-state index in [9.17, 15) is 4.79 Å². The van der Waals surface area contributed by atoms with Gasteiger partial charge in [0, 0.05) is 11.6 Å². The van der Waals surface area contributed by atoms with Crippen LogP contribution in [0.5, 0.6) is 5.75 Å². The lowest BCUT2D eigenvalue weighted by atomic mass is 10.2. The van der Waals surface area contributed by atoms with E-state index in [1.807, 2.05) is 66.9 Å². The number of pyridine rings is 1. The first kappa shape index (κ1) is 16.8. The fraction of sp³-hybridized carbons (Fsp3) is 0.0952. The molecule has 2 aromatic carbocycles. The molecule has 0 radical (unpaired) electrons. The largest absolute Gasteiger partial charge is 0.497 e. The van der Waals surface area contributed by atoms with Crippen molar-refractivity contribution in [3.63, 3.8) is 0 Å². The van der Waals surface area contributed by atoms with Crippen molar-refractivity contribution in [2.75, 3.05) is 7.11 Å². The summed E-state index contributed by atoms with van der Waals surface area (Å²) in [5, 5.41) is 8.36. The molecule has 0 aliphatic rings. The number of nitrogens with one attached hydrogen (secondary N) is 1. The van der Waals surface area contributed by atoms with Crippen molar-refractivity contribution in [3.05, 3.63) is 84.3 Å². The topological polar surface area (TPSA) is 69.0 Å². The van der Waals surface area contributed by atoms with Crippen molar-refractivity contribution in [2.24, 2.45) is 0 Å². The summed E-state index contributed by atoms with van der Waals surface area (Å²) >= 11 is 0. The van der Waals surface area contributed by atoms with Crippen LogP contribution in [0.2, 0.25) is 0 Å². The molecule has 0 saturated heterocycles. The Bertz CT molecular complexity index is 1090. The highest BCUT2D eigenvalue weighted by atomic mass is 16.5. The minimum atomic E-state index is -0.222. The zero-order valence-corrected chi connectivity index (χ0v) is 14.8. The van der Waals surface area contributed by atoms with Crippen LogP contribution in [0.15, 0.2) is 72.9 Å². The number of carbonyl (C=O) groups excluding carboxylic acids is 1. The summed E-state index contributed by atoms with van der Waals surface area (Å²) in [5.74, 6) is 0.570. The van der Waals surface area contributed by atoms with Crippen LogP contribution in [0.25, 0.3) is 16.6 Å². The third-order valence-corrected chi connectivity index (χ3v) is 4.24. The Labute approximate surface area is 156 Å². The van der Waals surface area contributed by atoms with E-state index in [0.717, 1.165) is 28.0 Å². The smallest absolute Gasteiger partial charge is 0.270 e. The lowest BCUT2D eigenvalue weighted by molar-refractivity contribution is 0.0946. The van der Waals surface area contributed by atoms with Gasteiger partial charge in [-0.15, -0.1) is 0 Å². The first-order chi connectivity index (χ1) is 13.2. The lowest BCUT2D eigenvalue weighted by Crippen LogP contribution is -2.24. The molecule has 0 saturated carbocycles. The van der Waals surface area contributed by atoms with Crippen LogP contribution in [-0.4, -0.2) is 27.8 Å². The number of benzene rings is 2. The second-order valence-corrected chi connectivity index (χ2v) is 6.02. The number of fused-ring (bicyclic) bond motifs is 1. The second-order valence-electron chi connectivity index (χ2n) is 6.02. The maximum atomic E-state index is 12.4. The van der Waals surface area contributed by atoms with E-state index in [-0.39, 0.29) is 5.91 Å². The van der Waals surface area contributed by atoms with Crippen LogP contribution in [0.3, 0.4) is 0 Å². The molecule has 0 atom stereocenters. The van der Waals surface area contributed by atoms with Gasteiger partial charge in [0.25, 0.3) is 5.91 Å². The number of carbonyl (C=O) groups is 1. The summed E-state index contributed by atoms with van der Waals surface area (Å²) in [4.78, 5) is 16.8. The summed E-state index contributed by atoms with van der Waals surface area (Å²) in [6, 6.07) is 20.8. The Morgan fingerprint density at radius 2 is 1.85 bits per heavy atom. The summed E-state index contributed by atoms with van der Waals surface area (Å²) in [6.45, 7) is 0.330. The summed E-state index contributed by atoms with van der Waals surface area (Å²) < 4.78 is 6.92. The van der Waals surface area contributed by atoms with Crippen LogP contribution in [0, 0.1) is 0 Å². The number of methoxy groups -OCH3 is 1. The molecule has 6 nitrogen and oxygen atoms in total. The molecule has 1 amide bonds. The van der Waals surface area contributed by atoms with Crippen LogP contribution in [-0.2, 0) is 6.54 Å². The number of hydrogen-bond acceptors (Lipinski definition) is 4. The second kappa shape index (κ2) is 7.29. The minimum Gasteiger partial charge on any atom is -0.497 e. The number of hydrogen-bond donors (Lipinski definition) is 1. The van der Waals surface area contributed by atoms with Crippen LogP contribution in [0.1, 0.15) is 16.2 Å². The van der Waals surface area contributed by atoms with Gasteiger partial charge >= 0.3 is 0 Å². The molecule has 0 bridgehead atoms. The monoisotopic (exact) mass is 358 g/mol. The third kappa shape index (κ3) is 3.64. The maximum absolute atomic E-state index is 12.4. The Balaban J connectivity index is 1.43. The Morgan fingerprint density at radius 1 is 1.04 bits per heavy atom. The SMILES string of the molecule is COc1ccc(-n2ccc(CNC(=O)c3ccc4ccccc4n3)n2)cc1. The molecule has 2 aromatic heterocycles. The highest BCUT2D eigenvalue weighted by Crippen LogP contribution is 2.15. The van der Waals surface area contributed by atoms with Gasteiger partial charge in [0.2, 0.25) is 0 Å². The number of amides is 1. The van der Waals surface area contributed by atoms with Gasteiger partial charge in [-0.3, -0.25) is 4.79 Å². The van der Waals surface area contributed by atoms with Gasteiger partial charge in [0.15, 0.2) is 0 Å². The van der Waals surface area contributed by atoms with E-state index in [1.54, 1.807) is 17.9 Å². The minimum absolute atomic E-state index is 0.222. The van der Waals surface area contributed by atoms with E-state index in [4.69, 9.17) is 4.74 Å². The molecule has 4 aromatic rings. The molecule has 0 fully saturated rings. The number of ether oxygens (including phenoxy) is 1. The fourth-order valence-electron chi connectivity index (χ4n) is 2.79. The van der Waals surface area contributed by atoms with Crippen molar-refractivity contribution in [2.45, 2.75) is 6.54 Å². The maximum Gasteiger partial charge on any atom is 0.270 e. The van der Waals surface area contributed by atoms with E-state index >= 15 is 0 Å². The van der Waals surface area contributed by atoms with Gasteiger partial charge in [0.1, 0.15) is 11.4 Å². The molecule has 2 heterocycles. The first-order valence-corrected chi connectivity index (χ1v) is 8.56. The molecular formula is C21H18N4O2. The van der Waals surface area contributed by atoms with Crippen molar-refractivity contribution < 1.29 is 9.53 Å². The number of nitrogens with zero attached hydrogens (tertiary/aromatic N) is 3. The molecule has 6 heteroatoms. The van der Waals surface area contributed by atoms with E-state index in [1.165, 1.54) is 0 Å². The van der Waals surface area contributed by atoms with E-state index < -0.39 is 0 Å². The molecular weight excluding hydrogens is 340 g/mol. The number of para-hydroxylation sites is 1. The predicted octanol–water partition coefficient (Wildman–Crippen LogP) is 3.36. The van der Waals surface area contributed by atoms with Gasteiger partial charge in [-0.25, -0.2) is 9.67 Å². The average Bonchev–Trinajstić information content (AvgIpc) is 3.21. The molecule has 0 aliphatic carbocycles.